The number of alkyl carbamates (subject to hydrolysis) is 1. The highest BCUT2D eigenvalue weighted by Gasteiger charge is 2.28. The molecule has 32 heavy (non-hydrogen) atoms. The molecule has 2 rings (SSSR count). The van der Waals surface area contributed by atoms with Gasteiger partial charge < -0.3 is 19.9 Å². The molecule has 2 N–H and O–H groups in total. The molecule has 2 aromatic rings. The maximum absolute atomic E-state index is 12.1. The minimum atomic E-state index is -0.763. The zero-order valence-corrected chi connectivity index (χ0v) is 20.6. The minimum absolute atomic E-state index is 0.177. The second-order valence-corrected chi connectivity index (χ2v) is 9.86. The number of halogens is 1. The topological polar surface area (TPSA) is 67.8 Å². The molecule has 0 radical (unpaired) electrons. The molecule has 1 amide bonds. The smallest absolute Gasteiger partial charge is 0.408 e. The van der Waals surface area contributed by atoms with E-state index >= 15 is 0 Å². The van der Waals surface area contributed by atoms with Gasteiger partial charge in [-0.1, -0.05) is 43.1 Å². The Morgan fingerprint density at radius 3 is 2.41 bits per heavy atom. The van der Waals surface area contributed by atoms with E-state index in [0.29, 0.717) is 17.2 Å². The Balaban J connectivity index is 1.93. The van der Waals surface area contributed by atoms with Gasteiger partial charge in [-0.15, -0.1) is 0 Å². The van der Waals surface area contributed by atoms with Crippen molar-refractivity contribution in [2.45, 2.75) is 77.9 Å². The fraction of sp³-hybridized carbons (Fsp3) is 0.500. The fourth-order valence-corrected chi connectivity index (χ4v) is 3.65. The van der Waals surface area contributed by atoms with E-state index in [4.69, 9.17) is 21.1 Å². The van der Waals surface area contributed by atoms with Crippen LogP contribution in [0.25, 0.3) is 0 Å². The molecule has 2 aromatic carbocycles. The number of carbonyl (C=O) groups excluding carboxylic acids is 1. The van der Waals surface area contributed by atoms with Gasteiger partial charge in [-0.2, -0.15) is 0 Å². The number of benzene rings is 2. The summed E-state index contributed by atoms with van der Waals surface area (Å²) in [5.41, 5.74) is 0.896. The number of aryl methyl sites for hydroxylation is 2. The average molecular weight is 462 g/mol. The monoisotopic (exact) mass is 461 g/mol. The van der Waals surface area contributed by atoms with Crippen LogP contribution in [0.5, 0.6) is 11.5 Å². The van der Waals surface area contributed by atoms with Crippen molar-refractivity contribution in [3.8, 4) is 11.5 Å². The number of aliphatic hydroxyl groups is 1. The quantitative estimate of drug-likeness (QED) is 0.414. The van der Waals surface area contributed by atoms with Gasteiger partial charge in [-0.25, -0.2) is 4.79 Å². The predicted molar refractivity (Wildman–Crippen MR) is 130 cm³/mol. The highest BCUT2D eigenvalue weighted by atomic mass is 35.5. The second-order valence-electron chi connectivity index (χ2n) is 9.45. The number of hydrogen-bond donors (Lipinski definition) is 2. The Labute approximate surface area is 197 Å². The van der Waals surface area contributed by atoms with E-state index in [0.717, 1.165) is 37.0 Å². The lowest BCUT2D eigenvalue weighted by Gasteiger charge is -2.30. The minimum Gasteiger partial charge on any atom is -0.457 e. The number of aliphatic hydroxyl groups excluding tert-OH is 1. The lowest BCUT2D eigenvalue weighted by atomic mass is 9.94. The Morgan fingerprint density at radius 1 is 1.06 bits per heavy atom. The summed E-state index contributed by atoms with van der Waals surface area (Å²) in [5.74, 6) is 1.49. The summed E-state index contributed by atoms with van der Waals surface area (Å²) in [6.07, 6.45) is 3.62. The van der Waals surface area contributed by atoms with E-state index in [-0.39, 0.29) is 6.61 Å². The number of nitrogens with one attached hydrogen (secondary N) is 1. The Morgan fingerprint density at radius 2 is 1.78 bits per heavy atom. The normalized spacial score (nSPS) is 13.3. The number of rotatable bonds is 10. The van der Waals surface area contributed by atoms with Crippen LogP contribution in [0.15, 0.2) is 42.5 Å². The molecule has 5 nitrogen and oxygen atoms in total. The van der Waals surface area contributed by atoms with Gasteiger partial charge in [0, 0.05) is 5.02 Å². The van der Waals surface area contributed by atoms with Crippen LogP contribution in [0.1, 0.15) is 65.0 Å². The number of amides is 1. The lowest BCUT2D eigenvalue weighted by molar-refractivity contribution is 0.0404. The van der Waals surface area contributed by atoms with Crippen LogP contribution in [0.3, 0.4) is 0 Å². The SMILES string of the molecule is CCCc1cccc(Oc2ccc(CCCC(C)(CO)NC(=O)OC(C)(C)C)c(Cl)c2)c1. The summed E-state index contributed by atoms with van der Waals surface area (Å²) >= 11 is 6.50. The second kappa shape index (κ2) is 11.6. The predicted octanol–water partition coefficient (Wildman–Crippen LogP) is 6.68. The van der Waals surface area contributed by atoms with Crippen LogP contribution in [0.2, 0.25) is 5.02 Å². The van der Waals surface area contributed by atoms with E-state index < -0.39 is 17.2 Å². The van der Waals surface area contributed by atoms with Gasteiger partial charge >= 0.3 is 6.09 Å². The third kappa shape index (κ3) is 8.71. The van der Waals surface area contributed by atoms with Gasteiger partial charge in [0.2, 0.25) is 0 Å². The molecule has 0 aliphatic rings. The molecule has 1 unspecified atom stereocenters. The highest BCUT2D eigenvalue weighted by Crippen LogP contribution is 2.29. The summed E-state index contributed by atoms with van der Waals surface area (Å²) < 4.78 is 11.3. The zero-order chi connectivity index (χ0) is 23.8. The van der Waals surface area contributed by atoms with Crippen LogP contribution in [-0.2, 0) is 17.6 Å². The van der Waals surface area contributed by atoms with Crippen molar-refractivity contribution in [2.24, 2.45) is 0 Å². The van der Waals surface area contributed by atoms with Gasteiger partial charge in [-0.05, 0) is 88.8 Å². The van der Waals surface area contributed by atoms with Crippen molar-refractivity contribution in [1.82, 2.24) is 5.32 Å². The molecule has 0 saturated carbocycles. The third-order valence-electron chi connectivity index (χ3n) is 5.02. The van der Waals surface area contributed by atoms with E-state index in [2.05, 4.69) is 24.4 Å². The summed E-state index contributed by atoms with van der Waals surface area (Å²) in [6.45, 7) is 9.20. The average Bonchev–Trinajstić information content (AvgIpc) is 2.68. The van der Waals surface area contributed by atoms with Crippen molar-refractivity contribution in [2.75, 3.05) is 6.61 Å². The Bertz CT molecular complexity index is 894. The Kier molecular flexibility index (Phi) is 9.41. The van der Waals surface area contributed by atoms with Gasteiger partial charge in [0.1, 0.15) is 17.1 Å². The molecular formula is C26H36ClNO4. The van der Waals surface area contributed by atoms with Crippen LogP contribution in [-0.4, -0.2) is 28.9 Å². The molecule has 0 saturated heterocycles. The van der Waals surface area contributed by atoms with Crippen LogP contribution in [0, 0.1) is 0 Å². The van der Waals surface area contributed by atoms with Crippen molar-refractivity contribution in [3.05, 3.63) is 58.6 Å². The van der Waals surface area contributed by atoms with Crippen molar-refractivity contribution < 1.29 is 19.4 Å². The van der Waals surface area contributed by atoms with E-state index in [1.54, 1.807) is 20.8 Å². The number of hydrogen-bond acceptors (Lipinski definition) is 4. The molecular weight excluding hydrogens is 426 g/mol. The van der Waals surface area contributed by atoms with Crippen molar-refractivity contribution in [3.63, 3.8) is 0 Å². The maximum Gasteiger partial charge on any atom is 0.408 e. The third-order valence-corrected chi connectivity index (χ3v) is 5.38. The van der Waals surface area contributed by atoms with Crippen LogP contribution >= 0.6 is 11.6 Å². The number of carbonyl (C=O) groups is 1. The first kappa shape index (κ1) is 26.0. The lowest BCUT2D eigenvalue weighted by Crippen LogP contribution is -2.50. The standard InChI is InChI=1S/C26H36ClNO4/c1-6-9-19-10-7-12-21(16-19)31-22-14-13-20(23(27)17-22)11-8-15-26(5,18-29)28-24(30)32-25(2,3)4/h7,10,12-14,16-17,29H,6,8-9,11,15,18H2,1-5H3,(H,28,30). The van der Waals surface area contributed by atoms with Gasteiger partial charge in [-0.3, -0.25) is 0 Å². The molecule has 0 spiro atoms. The van der Waals surface area contributed by atoms with Crippen molar-refractivity contribution >= 4 is 17.7 Å². The molecule has 176 valence electrons. The number of ether oxygens (including phenoxy) is 2. The summed E-state index contributed by atoms with van der Waals surface area (Å²) in [4.78, 5) is 12.1. The zero-order valence-electron chi connectivity index (χ0n) is 19.8. The summed E-state index contributed by atoms with van der Waals surface area (Å²) in [7, 11) is 0. The fourth-order valence-electron chi connectivity index (χ4n) is 3.38. The van der Waals surface area contributed by atoms with Gasteiger partial charge in [0.25, 0.3) is 0 Å². The molecule has 0 bridgehead atoms. The van der Waals surface area contributed by atoms with Crippen LogP contribution in [0.4, 0.5) is 4.79 Å². The first-order valence-electron chi connectivity index (χ1n) is 11.2. The highest BCUT2D eigenvalue weighted by molar-refractivity contribution is 6.31. The van der Waals surface area contributed by atoms with E-state index in [9.17, 15) is 9.90 Å². The van der Waals surface area contributed by atoms with E-state index in [1.165, 1.54) is 5.56 Å². The van der Waals surface area contributed by atoms with Crippen molar-refractivity contribution in [1.29, 1.82) is 0 Å². The van der Waals surface area contributed by atoms with Gasteiger partial charge in [0.15, 0.2) is 0 Å². The molecule has 0 aliphatic carbocycles. The first-order valence-corrected chi connectivity index (χ1v) is 11.6. The Hall–Kier alpha value is -2.24. The molecule has 0 aromatic heterocycles. The molecule has 1 atom stereocenters. The molecule has 6 heteroatoms. The molecule has 0 heterocycles. The molecule has 0 aliphatic heterocycles. The van der Waals surface area contributed by atoms with Gasteiger partial charge in [0.05, 0.1) is 12.1 Å². The first-order chi connectivity index (χ1) is 15.0. The summed E-state index contributed by atoms with van der Waals surface area (Å²) in [5, 5.41) is 13.2. The largest absolute Gasteiger partial charge is 0.457 e. The summed E-state index contributed by atoms with van der Waals surface area (Å²) in [6, 6.07) is 13.8. The maximum atomic E-state index is 12.1. The van der Waals surface area contributed by atoms with Crippen LogP contribution < -0.4 is 10.1 Å². The van der Waals surface area contributed by atoms with E-state index in [1.807, 2.05) is 37.3 Å². The molecule has 0 fully saturated rings.